The third-order valence-electron chi connectivity index (χ3n) is 3.76. The summed E-state index contributed by atoms with van der Waals surface area (Å²) >= 11 is 3.45. The zero-order chi connectivity index (χ0) is 15.6. The van der Waals surface area contributed by atoms with Crippen LogP contribution in [0.25, 0.3) is 0 Å². The fraction of sp³-hybridized carbons (Fsp3) is 0.250. The van der Waals surface area contributed by atoms with Crippen molar-refractivity contribution in [2.45, 2.75) is 24.9 Å². The molecule has 6 nitrogen and oxygen atoms in total. The van der Waals surface area contributed by atoms with E-state index in [9.17, 15) is 0 Å². The van der Waals surface area contributed by atoms with Crippen molar-refractivity contribution in [2.24, 2.45) is 0 Å². The summed E-state index contributed by atoms with van der Waals surface area (Å²) in [6, 6.07) is 10.4. The van der Waals surface area contributed by atoms with E-state index in [1.165, 1.54) is 5.56 Å². The Morgan fingerprint density at radius 3 is 2.70 bits per heavy atom. The third-order valence-corrected chi connectivity index (χ3v) is 4.29. The van der Waals surface area contributed by atoms with Crippen molar-refractivity contribution in [3.63, 3.8) is 0 Å². The van der Waals surface area contributed by atoms with E-state index in [1.807, 2.05) is 0 Å². The molecule has 0 saturated heterocycles. The van der Waals surface area contributed by atoms with Crippen LogP contribution in [-0.4, -0.2) is 20.1 Å². The molecule has 4 rings (SSSR count). The van der Waals surface area contributed by atoms with Crippen molar-refractivity contribution in [3.8, 4) is 6.01 Å². The second-order valence-electron chi connectivity index (χ2n) is 5.37. The van der Waals surface area contributed by atoms with Crippen LogP contribution in [0.2, 0.25) is 0 Å². The highest BCUT2D eigenvalue weighted by Gasteiger charge is 2.43. The molecule has 1 saturated carbocycles. The number of nitrogens with zero attached hydrogens (tertiary/aromatic N) is 4. The van der Waals surface area contributed by atoms with Crippen molar-refractivity contribution in [3.05, 3.63) is 64.5 Å². The van der Waals surface area contributed by atoms with Crippen LogP contribution < -0.4 is 4.74 Å². The Kier molecular flexibility index (Phi) is 3.78. The van der Waals surface area contributed by atoms with Gasteiger partial charge < -0.3 is 9.26 Å². The lowest BCUT2D eigenvalue weighted by Gasteiger charge is -1.99. The van der Waals surface area contributed by atoms with Crippen LogP contribution in [0.3, 0.4) is 0 Å². The topological polar surface area (TPSA) is 73.9 Å². The predicted molar refractivity (Wildman–Crippen MR) is 84.9 cm³/mol. The van der Waals surface area contributed by atoms with E-state index in [-0.39, 0.29) is 6.61 Å². The van der Waals surface area contributed by atoms with Gasteiger partial charge in [-0.1, -0.05) is 33.2 Å². The maximum atomic E-state index is 5.42. The number of benzene rings is 1. The lowest BCUT2D eigenvalue weighted by atomic mass is 10.1. The third kappa shape index (κ3) is 3.24. The molecule has 0 amide bonds. The zero-order valence-electron chi connectivity index (χ0n) is 12.1. The van der Waals surface area contributed by atoms with Gasteiger partial charge in [-0.05, 0) is 36.1 Å². The molecule has 2 aromatic heterocycles. The second-order valence-corrected chi connectivity index (χ2v) is 6.28. The molecule has 23 heavy (non-hydrogen) atoms. The molecule has 0 aliphatic heterocycles. The monoisotopic (exact) mass is 372 g/mol. The Morgan fingerprint density at radius 1 is 1.13 bits per heavy atom. The van der Waals surface area contributed by atoms with Gasteiger partial charge in [-0.2, -0.15) is 4.98 Å². The summed E-state index contributed by atoms with van der Waals surface area (Å²) in [6.07, 6.45) is 4.28. The molecule has 1 aliphatic carbocycles. The summed E-state index contributed by atoms with van der Waals surface area (Å²) < 4.78 is 11.9. The average molecular weight is 373 g/mol. The molecule has 0 radical (unpaired) electrons. The number of halogens is 1. The van der Waals surface area contributed by atoms with E-state index < -0.39 is 0 Å². The van der Waals surface area contributed by atoms with E-state index in [4.69, 9.17) is 9.26 Å². The van der Waals surface area contributed by atoms with Gasteiger partial charge >= 0.3 is 6.01 Å². The SMILES string of the molecule is Brc1ccc([C@@H]2C[C@H]2c2nc(COc3ncccn3)no2)cc1. The average Bonchev–Trinajstić information content (AvgIpc) is 3.25. The van der Waals surface area contributed by atoms with Gasteiger partial charge in [0.25, 0.3) is 0 Å². The second kappa shape index (κ2) is 6.08. The molecule has 0 unspecified atom stereocenters. The van der Waals surface area contributed by atoms with Crippen LogP contribution >= 0.6 is 15.9 Å². The molecule has 7 heteroatoms. The highest BCUT2D eigenvalue weighted by atomic mass is 79.9. The molecule has 0 spiro atoms. The van der Waals surface area contributed by atoms with Crippen LogP contribution in [0.15, 0.2) is 51.7 Å². The standard InChI is InChI=1S/C16H13BrN4O2/c17-11-4-2-10(3-5-11)12-8-13(12)15-20-14(21-23-15)9-22-16-18-6-1-7-19-16/h1-7,12-13H,8-9H2/t12-,13+/m0/s1. The lowest BCUT2D eigenvalue weighted by Crippen LogP contribution is -2.00. The quantitative estimate of drug-likeness (QED) is 0.682. The van der Waals surface area contributed by atoms with Crippen LogP contribution in [0.1, 0.15) is 35.5 Å². The van der Waals surface area contributed by atoms with Gasteiger partial charge in [0.1, 0.15) is 0 Å². The first-order chi connectivity index (χ1) is 11.3. The van der Waals surface area contributed by atoms with Gasteiger partial charge in [-0.25, -0.2) is 9.97 Å². The molecule has 1 aromatic carbocycles. The van der Waals surface area contributed by atoms with E-state index in [1.54, 1.807) is 18.5 Å². The molecule has 0 bridgehead atoms. The molecule has 116 valence electrons. The normalized spacial score (nSPS) is 19.5. The molecular weight excluding hydrogens is 360 g/mol. The van der Waals surface area contributed by atoms with Crippen molar-refractivity contribution < 1.29 is 9.26 Å². The lowest BCUT2D eigenvalue weighted by molar-refractivity contribution is 0.263. The van der Waals surface area contributed by atoms with E-state index >= 15 is 0 Å². The minimum atomic E-state index is 0.198. The minimum absolute atomic E-state index is 0.198. The Hall–Kier alpha value is -2.28. The summed E-state index contributed by atoms with van der Waals surface area (Å²) in [5, 5.41) is 3.96. The van der Waals surface area contributed by atoms with Gasteiger partial charge in [0.05, 0.1) is 0 Å². The van der Waals surface area contributed by atoms with Gasteiger partial charge in [0, 0.05) is 22.8 Å². The zero-order valence-corrected chi connectivity index (χ0v) is 13.7. The summed E-state index contributed by atoms with van der Waals surface area (Å²) in [7, 11) is 0. The van der Waals surface area contributed by atoms with Crippen molar-refractivity contribution >= 4 is 15.9 Å². The van der Waals surface area contributed by atoms with Gasteiger partial charge in [0.15, 0.2) is 6.61 Å². The molecule has 3 aromatic rings. The Balaban J connectivity index is 1.38. The summed E-state index contributed by atoms with van der Waals surface area (Å²) in [5.74, 6) is 1.93. The largest absolute Gasteiger partial charge is 0.455 e. The van der Waals surface area contributed by atoms with Gasteiger partial charge in [-0.15, -0.1) is 0 Å². The first-order valence-electron chi connectivity index (χ1n) is 7.27. The van der Waals surface area contributed by atoms with Crippen molar-refractivity contribution in [1.29, 1.82) is 0 Å². The van der Waals surface area contributed by atoms with Crippen molar-refractivity contribution in [2.75, 3.05) is 0 Å². The number of rotatable bonds is 5. The molecule has 2 atom stereocenters. The first-order valence-corrected chi connectivity index (χ1v) is 8.06. The van der Waals surface area contributed by atoms with E-state index in [0.29, 0.717) is 29.6 Å². The fourth-order valence-electron chi connectivity index (χ4n) is 2.51. The fourth-order valence-corrected chi connectivity index (χ4v) is 2.78. The Morgan fingerprint density at radius 2 is 1.91 bits per heavy atom. The molecule has 2 heterocycles. The van der Waals surface area contributed by atoms with E-state index in [2.05, 4.69) is 60.3 Å². The number of aromatic nitrogens is 4. The highest BCUT2D eigenvalue weighted by Crippen LogP contribution is 2.54. The smallest absolute Gasteiger partial charge is 0.316 e. The maximum Gasteiger partial charge on any atom is 0.316 e. The highest BCUT2D eigenvalue weighted by molar-refractivity contribution is 9.10. The number of ether oxygens (including phenoxy) is 1. The van der Waals surface area contributed by atoms with Crippen LogP contribution in [0, 0.1) is 0 Å². The minimum Gasteiger partial charge on any atom is -0.455 e. The van der Waals surface area contributed by atoms with E-state index in [0.717, 1.165) is 10.9 Å². The summed E-state index contributed by atoms with van der Waals surface area (Å²) in [6.45, 7) is 0.198. The number of hydrogen-bond donors (Lipinski definition) is 0. The molecule has 1 aliphatic rings. The maximum absolute atomic E-state index is 5.42. The number of hydrogen-bond acceptors (Lipinski definition) is 6. The molecule has 0 N–H and O–H groups in total. The van der Waals surface area contributed by atoms with Crippen molar-refractivity contribution in [1.82, 2.24) is 20.1 Å². The van der Waals surface area contributed by atoms with Crippen LogP contribution in [0.4, 0.5) is 0 Å². The van der Waals surface area contributed by atoms with Crippen LogP contribution in [-0.2, 0) is 6.61 Å². The predicted octanol–water partition coefficient (Wildman–Crippen LogP) is 3.47. The summed E-state index contributed by atoms with van der Waals surface area (Å²) in [4.78, 5) is 12.4. The van der Waals surface area contributed by atoms with Gasteiger partial charge in [0.2, 0.25) is 11.7 Å². The Bertz CT molecular complexity index is 791. The Labute approximate surface area is 141 Å². The van der Waals surface area contributed by atoms with Crippen LogP contribution in [0.5, 0.6) is 6.01 Å². The summed E-state index contributed by atoms with van der Waals surface area (Å²) in [5.41, 5.74) is 1.30. The first kappa shape index (κ1) is 14.3. The molecule has 1 fully saturated rings. The molecular formula is C16H13BrN4O2. The van der Waals surface area contributed by atoms with Gasteiger partial charge in [-0.3, -0.25) is 0 Å².